The van der Waals surface area contributed by atoms with Gasteiger partial charge in [0.15, 0.2) is 10.8 Å². The number of anilines is 1. The Hall–Kier alpha value is -3.90. The number of nitrogens with one attached hydrogen (secondary N) is 1. The Labute approximate surface area is 270 Å². The van der Waals surface area contributed by atoms with Crippen molar-refractivity contribution >= 4 is 38.4 Å². The summed E-state index contributed by atoms with van der Waals surface area (Å²) in [5, 5.41) is 2.39. The number of amides is 1. The fraction of sp³-hybridized carbons (Fsp3) is 0.414. The van der Waals surface area contributed by atoms with Crippen LogP contribution in [0.1, 0.15) is 46.8 Å². The van der Waals surface area contributed by atoms with E-state index in [2.05, 4.69) is 15.0 Å². The van der Waals surface area contributed by atoms with E-state index in [4.69, 9.17) is 4.74 Å². The smallest absolute Gasteiger partial charge is 0.462 e. The normalized spacial score (nSPS) is 16.2. The van der Waals surface area contributed by atoms with E-state index in [1.807, 2.05) is 19.1 Å². The highest BCUT2D eigenvalue weighted by Crippen LogP contribution is 2.39. The molecule has 1 saturated heterocycles. The van der Waals surface area contributed by atoms with E-state index in [9.17, 15) is 44.3 Å². The number of thiazole rings is 1. The number of carbonyl (C=O) groups excluding carboxylic acids is 2. The molecule has 256 valence electrons. The van der Waals surface area contributed by atoms with E-state index in [0.717, 1.165) is 47.0 Å². The lowest BCUT2D eigenvalue weighted by Crippen LogP contribution is -2.60. The molecular formula is C29H30F6N4O6S2. The maximum atomic E-state index is 13.8. The number of esters is 1. The van der Waals surface area contributed by atoms with Crippen molar-refractivity contribution in [2.24, 2.45) is 0 Å². The van der Waals surface area contributed by atoms with E-state index in [-0.39, 0.29) is 24.8 Å². The average molecular weight is 709 g/mol. The second-order valence-electron chi connectivity index (χ2n) is 10.3. The van der Waals surface area contributed by atoms with Crippen LogP contribution < -0.4 is 15.0 Å². The van der Waals surface area contributed by atoms with Crippen molar-refractivity contribution in [3.63, 3.8) is 0 Å². The molecule has 2 heterocycles. The number of aromatic nitrogens is 1. The summed E-state index contributed by atoms with van der Waals surface area (Å²) >= 11 is 0.396. The zero-order valence-electron chi connectivity index (χ0n) is 25.0. The van der Waals surface area contributed by atoms with Crippen LogP contribution in [0.3, 0.4) is 0 Å². The molecule has 1 atom stereocenters. The summed E-state index contributed by atoms with van der Waals surface area (Å²) in [6.07, 6.45) is -8.23. The Balaban J connectivity index is 1.64. The predicted molar refractivity (Wildman–Crippen MR) is 158 cm³/mol. The molecule has 47 heavy (non-hydrogen) atoms. The summed E-state index contributed by atoms with van der Waals surface area (Å²) < 4.78 is 116. The fourth-order valence-electron chi connectivity index (χ4n) is 4.78. The number of benzene rings is 2. The monoisotopic (exact) mass is 708 g/mol. The van der Waals surface area contributed by atoms with Crippen LogP contribution in [0.5, 0.6) is 5.75 Å². The number of aryl methyl sites for hydroxylation is 1. The standard InChI is InChI=1S/C29H30F6N4O6S2/c1-3-5-18-6-8-19(9-7-18)16-36-25(40)22-17-38(27-37-24(28(30,31)32)23(46-27)26(41)44-4-2)14-15-39(22)47(42,43)21-12-10-20(11-13-21)45-29(33,34)35/h6-13,22H,3-5,14-17H2,1-2H3,(H,36,40). The molecule has 3 aromatic rings. The predicted octanol–water partition coefficient (Wildman–Crippen LogP) is 5.39. The number of piperazine rings is 1. The van der Waals surface area contributed by atoms with E-state index in [0.29, 0.717) is 16.9 Å². The molecule has 10 nitrogen and oxygen atoms in total. The molecule has 0 aliphatic carbocycles. The van der Waals surface area contributed by atoms with Crippen LogP contribution in [0, 0.1) is 0 Å². The van der Waals surface area contributed by atoms with Gasteiger partial charge in [-0.3, -0.25) is 4.79 Å². The molecule has 2 aromatic carbocycles. The Kier molecular flexibility index (Phi) is 11.1. The summed E-state index contributed by atoms with van der Waals surface area (Å²) in [5.41, 5.74) is 0.312. The third-order valence-corrected chi connectivity index (χ3v) is 9.96. The molecular weight excluding hydrogens is 678 g/mol. The van der Waals surface area contributed by atoms with Crippen LogP contribution in [0.4, 0.5) is 31.5 Å². The van der Waals surface area contributed by atoms with Crippen molar-refractivity contribution in [3.05, 3.63) is 70.2 Å². The second kappa shape index (κ2) is 14.5. The van der Waals surface area contributed by atoms with E-state index < -0.39 is 74.8 Å². The number of ether oxygens (including phenoxy) is 2. The van der Waals surface area contributed by atoms with Gasteiger partial charge in [-0.25, -0.2) is 18.2 Å². The van der Waals surface area contributed by atoms with Gasteiger partial charge >= 0.3 is 18.5 Å². The van der Waals surface area contributed by atoms with Crippen molar-refractivity contribution in [1.82, 2.24) is 14.6 Å². The minimum atomic E-state index is -5.01. The summed E-state index contributed by atoms with van der Waals surface area (Å²) in [4.78, 5) is 29.5. The first kappa shape index (κ1) is 35.9. The Morgan fingerprint density at radius 2 is 1.62 bits per heavy atom. The first-order valence-electron chi connectivity index (χ1n) is 14.3. The Morgan fingerprint density at radius 3 is 2.19 bits per heavy atom. The van der Waals surface area contributed by atoms with Crippen molar-refractivity contribution < 1.29 is 53.8 Å². The first-order chi connectivity index (χ1) is 22.0. The molecule has 1 unspecified atom stereocenters. The third kappa shape index (κ3) is 8.92. The van der Waals surface area contributed by atoms with Crippen LogP contribution in [0.15, 0.2) is 53.4 Å². The molecule has 0 radical (unpaired) electrons. The van der Waals surface area contributed by atoms with Gasteiger partial charge in [-0.2, -0.15) is 17.5 Å². The maximum Gasteiger partial charge on any atom is 0.573 e. The SMILES string of the molecule is CCCc1ccc(CNC(=O)C2CN(c3nc(C(F)(F)F)c(C(=O)OCC)s3)CCN2S(=O)(=O)c2ccc(OC(F)(F)F)cc2)cc1. The Bertz CT molecular complexity index is 1660. The number of carbonyl (C=O) groups is 2. The van der Waals surface area contributed by atoms with Gasteiger partial charge in [0.1, 0.15) is 16.7 Å². The van der Waals surface area contributed by atoms with E-state index >= 15 is 0 Å². The molecule has 1 amide bonds. The highest BCUT2D eigenvalue weighted by Gasteiger charge is 2.44. The molecule has 0 bridgehead atoms. The largest absolute Gasteiger partial charge is 0.573 e. The number of hydrogen-bond donors (Lipinski definition) is 1. The van der Waals surface area contributed by atoms with Gasteiger partial charge in [-0.05, 0) is 48.7 Å². The number of hydrogen-bond acceptors (Lipinski definition) is 9. The van der Waals surface area contributed by atoms with E-state index in [1.54, 1.807) is 12.1 Å². The molecule has 1 fully saturated rings. The van der Waals surface area contributed by atoms with Gasteiger partial charge in [0.25, 0.3) is 0 Å². The number of halogens is 6. The zero-order valence-corrected chi connectivity index (χ0v) is 26.7. The van der Waals surface area contributed by atoms with Gasteiger partial charge in [-0.15, -0.1) is 13.2 Å². The third-order valence-electron chi connectivity index (χ3n) is 6.94. The summed E-state index contributed by atoms with van der Waals surface area (Å²) in [6.45, 7) is 2.16. The van der Waals surface area contributed by atoms with Crippen molar-refractivity contribution in [2.45, 2.75) is 56.7 Å². The molecule has 1 N–H and O–H groups in total. The average Bonchev–Trinajstić information content (AvgIpc) is 3.47. The van der Waals surface area contributed by atoms with Gasteiger partial charge in [0.2, 0.25) is 15.9 Å². The van der Waals surface area contributed by atoms with E-state index in [1.165, 1.54) is 11.8 Å². The highest BCUT2D eigenvalue weighted by molar-refractivity contribution is 7.89. The molecule has 0 saturated carbocycles. The summed E-state index contributed by atoms with van der Waals surface area (Å²) in [7, 11) is -4.53. The van der Waals surface area contributed by atoms with Gasteiger partial charge < -0.3 is 19.7 Å². The Morgan fingerprint density at radius 1 is 0.979 bits per heavy atom. The summed E-state index contributed by atoms with van der Waals surface area (Å²) in [5.74, 6) is -2.68. The zero-order chi connectivity index (χ0) is 34.6. The van der Waals surface area contributed by atoms with Gasteiger partial charge in [-0.1, -0.05) is 48.9 Å². The number of sulfonamides is 1. The maximum absolute atomic E-state index is 13.8. The lowest BCUT2D eigenvalue weighted by molar-refractivity contribution is -0.274. The highest BCUT2D eigenvalue weighted by atomic mass is 32.2. The van der Waals surface area contributed by atoms with Gasteiger partial charge in [0, 0.05) is 26.2 Å². The minimum Gasteiger partial charge on any atom is -0.462 e. The lowest BCUT2D eigenvalue weighted by Gasteiger charge is -2.39. The van der Waals surface area contributed by atoms with Crippen LogP contribution in [0.2, 0.25) is 0 Å². The molecule has 4 rings (SSSR count). The molecule has 0 spiro atoms. The summed E-state index contributed by atoms with van der Waals surface area (Å²) in [6, 6.07) is 9.23. The van der Waals surface area contributed by atoms with Crippen molar-refractivity contribution in [1.29, 1.82) is 0 Å². The quantitative estimate of drug-likeness (QED) is 0.208. The molecule has 1 aliphatic heterocycles. The van der Waals surface area contributed by atoms with Crippen molar-refractivity contribution in [3.8, 4) is 5.75 Å². The number of alkyl halides is 6. The van der Waals surface area contributed by atoms with Crippen molar-refractivity contribution in [2.75, 3.05) is 31.1 Å². The van der Waals surface area contributed by atoms with Crippen LogP contribution in [-0.2, 0) is 38.7 Å². The van der Waals surface area contributed by atoms with Gasteiger partial charge in [0.05, 0.1) is 11.5 Å². The topological polar surface area (TPSA) is 118 Å². The number of rotatable bonds is 11. The van der Waals surface area contributed by atoms with Crippen LogP contribution in [0.25, 0.3) is 0 Å². The fourth-order valence-corrected chi connectivity index (χ4v) is 7.37. The first-order valence-corrected chi connectivity index (χ1v) is 16.5. The molecule has 1 aromatic heterocycles. The molecule has 1 aliphatic rings. The van der Waals surface area contributed by atoms with Crippen LogP contribution >= 0.6 is 11.3 Å². The van der Waals surface area contributed by atoms with Crippen LogP contribution in [-0.4, -0.2) is 68.2 Å². The second-order valence-corrected chi connectivity index (χ2v) is 13.1. The number of nitrogens with zero attached hydrogens (tertiary/aromatic N) is 3. The molecule has 18 heteroatoms. The lowest BCUT2D eigenvalue weighted by atomic mass is 10.1. The minimum absolute atomic E-state index is 0.00157.